The molecule has 0 bridgehead atoms. The van der Waals surface area contributed by atoms with E-state index in [1.165, 1.54) is 20.5 Å². The minimum atomic E-state index is -0.0804. The van der Waals surface area contributed by atoms with Crippen LogP contribution in [-0.4, -0.2) is 0 Å². The van der Waals surface area contributed by atoms with Crippen molar-refractivity contribution in [3.8, 4) is 22.3 Å². The van der Waals surface area contributed by atoms with Gasteiger partial charge in [-0.05, 0) is 101 Å². The number of hydrogen-bond donors (Lipinski definition) is 0. The van der Waals surface area contributed by atoms with Crippen LogP contribution in [0.15, 0.2) is 122 Å². The summed E-state index contributed by atoms with van der Waals surface area (Å²) in [7, 11) is 0. The fourth-order valence-corrected chi connectivity index (χ4v) is 7.52. The van der Waals surface area contributed by atoms with E-state index in [9.17, 15) is 9.59 Å². The van der Waals surface area contributed by atoms with Gasteiger partial charge in [0.1, 0.15) is 22.3 Å². The highest BCUT2D eigenvalue weighted by molar-refractivity contribution is 7.19. The molecule has 0 saturated heterocycles. The lowest BCUT2D eigenvalue weighted by Crippen LogP contribution is -2.03. The lowest BCUT2D eigenvalue weighted by Gasteiger charge is -2.08. The summed E-state index contributed by atoms with van der Waals surface area (Å²) in [5.74, 6) is 0. The first-order valence-electron chi connectivity index (χ1n) is 14.3. The van der Waals surface area contributed by atoms with Gasteiger partial charge in [-0.15, -0.1) is 11.3 Å². The van der Waals surface area contributed by atoms with Crippen molar-refractivity contribution in [3.05, 3.63) is 134 Å². The highest BCUT2D eigenvalue weighted by atomic mass is 32.1. The van der Waals surface area contributed by atoms with Crippen LogP contribution in [0.5, 0.6) is 0 Å². The van der Waals surface area contributed by atoms with Crippen LogP contribution in [0.3, 0.4) is 0 Å². The van der Waals surface area contributed by atoms with E-state index in [2.05, 4.69) is 30.4 Å². The molecule has 9 rings (SSSR count). The van der Waals surface area contributed by atoms with Crippen molar-refractivity contribution in [2.45, 2.75) is 12.8 Å². The lowest BCUT2D eigenvalue weighted by molar-refractivity contribution is 0.659. The summed E-state index contributed by atoms with van der Waals surface area (Å²) in [5.41, 5.74) is 7.05. The minimum Gasteiger partial charge on any atom is -0.456 e. The maximum atomic E-state index is 13.9. The Kier molecular flexibility index (Phi) is 5.16. The summed E-state index contributed by atoms with van der Waals surface area (Å²) in [6.07, 6.45) is 6.67. The zero-order valence-electron chi connectivity index (χ0n) is 22.8. The maximum Gasteiger partial charge on any atom is 0.200 e. The predicted molar refractivity (Wildman–Crippen MR) is 177 cm³/mol. The fraction of sp³-hybridized carbons (Fsp3) is 0.0526. The first-order valence-corrected chi connectivity index (χ1v) is 15.1. The molecule has 0 aliphatic heterocycles. The van der Waals surface area contributed by atoms with Crippen molar-refractivity contribution in [3.63, 3.8) is 0 Å². The van der Waals surface area contributed by atoms with E-state index in [1.807, 2.05) is 78.1 Å². The van der Waals surface area contributed by atoms with Gasteiger partial charge in [0.05, 0.1) is 21.5 Å². The number of thiophene rings is 1. The van der Waals surface area contributed by atoms with Crippen LogP contribution in [-0.2, 0) is 6.42 Å². The molecule has 0 atom stereocenters. The van der Waals surface area contributed by atoms with E-state index in [0.717, 1.165) is 35.1 Å². The third-order valence-electron chi connectivity index (χ3n) is 8.54. The molecule has 0 amide bonds. The second-order valence-electron chi connectivity index (χ2n) is 11.1. The standard InChI is InChI=1S/C38H22O4S/c39-37-26-6-1-3-7-31(26)41-32-13-9-21(18-28(32)37)22-10-14-33-29(19-22)38(40)30-20-23(11-15-34(30)42-33)24-12-16-36-27(17-24)25-5-2-4-8-35(25)43-36/h1-3,5-7,9-20H,4,8H2. The number of para-hydroxylation sites is 1. The largest absolute Gasteiger partial charge is 0.456 e. The monoisotopic (exact) mass is 574 g/mol. The van der Waals surface area contributed by atoms with Crippen molar-refractivity contribution in [2.24, 2.45) is 0 Å². The lowest BCUT2D eigenvalue weighted by atomic mass is 9.97. The Morgan fingerprint density at radius 3 is 1.67 bits per heavy atom. The number of allylic oxidation sites excluding steroid dienone is 1. The molecule has 3 heterocycles. The summed E-state index contributed by atoms with van der Waals surface area (Å²) < 4.78 is 13.5. The zero-order valence-corrected chi connectivity index (χ0v) is 23.7. The molecule has 5 aromatic carbocycles. The van der Waals surface area contributed by atoms with Gasteiger partial charge in [0, 0.05) is 15.0 Å². The molecule has 8 aromatic rings. The molecule has 1 aliphatic rings. The van der Waals surface area contributed by atoms with Gasteiger partial charge in [-0.2, -0.15) is 0 Å². The molecule has 0 unspecified atom stereocenters. The molecule has 43 heavy (non-hydrogen) atoms. The van der Waals surface area contributed by atoms with Crippen LogP contribution in [0.1, 0.15) is 16.9 Å². The Morgan fingerprint density at radius 2 is 1.05 bits per heavy atom. The Bertz CT molecular complexity index is 2620. The molecule has 204 valence electrons. The van der Waals surface area contributed by atoms with Crippen molar-refractivity contribution in [1.82, 2.24) is 0 Å². The number of aryl methyl sites for hydroxylation is 1. The molecule has 1 aliphatic carbocycles. The van der Waals surface area contributed by atoms with Crippen molar-refractivity contribution in [2.75, 3.05) is 0 Å². The highest BCUT2D eigenvalue weighted by Crippen LogP contribution is 2.38. The molecular formula is C38H22O4S. The van der Waals surface area contributed by atoms with Crippen LogP contribution >= 0.6 is 11.3 Å². The van der Waals surface area contributed by atoms with Gasteiger partial charge < -0.3 is 8.83 Å². The fourth-order valence-electron chi connectivity index (χ4n) is 6.33. The average molecular weight is 575 g/mol. The Labute approximate surface area is 248 Å². The Hall–Kier alpha value is -5.26. The summed E-state index contributed by atoms with van der Waals surface area (Å²) in [6.45, 7) is 0. The van der Waals surface area contributed by atoms with E-state index in [4.69, 9.17) is 8.83 Å². The number of fused-ring (bicyclic) bond motifs is 7. The van der Waals surface area contributed by atoms with E-state index in [1.54, 1.807) is 12.1 Å². The van der Waals surface area contributed by atoms with Crippen LogP contribution in [0.2, 0.25) is 0 Å². The SMILES string of the molecule is O=c1c2ccccc2oc2ccc(-c3ccc4oc5ccc(-c6ccc7sc8c(c7c6)C=CCC8)cc5c(=O)c4c3)cc12. The van der Waals surface area contributed by atoms with Crippen LogP contribution < -0.4 is 10.9 Å². The normalized spacial score (nSPS) is 13.0. The summed E-state index contributed by atoms with van der Waals surface area (Å²) in [4.78, 5) is 28.6. The van der Waals surface area contributed by atoms with Crippen molar-refractivity contribution in [1.29, 1.82) is 0 Å². The van der Waals surface area contributed by atoms with E-state index in [-0.39, 0.29) is 10.9 Å². The van der Waals surface area contributed by atoms with Crippen molar-refractivity contribution < 1.29 is 8.83 Å². The molecule has 0 spiro atoms. The van der Waals surface area contributed by atoms with Gasteiger partial charge in [0.25, 0.3) is 0 Å². The quantitative estimate of drug-likeness (QED) is 0.193. The van der Waals surface area contributed by atoms with Crippen LogP contribution in [0, 0.1) is 0 Å². The van der Waals surface area contributed by atoms with E-state index < -0.39 is 0 Å². The summed E-state index contributed by atoms with van der Waals surface area (Å²) in [6, 6.07) is 30.8. The molecule has 5 heteroatoms. The first-order chi connectivity index (χ1) is 21.1. The average Bonchev–Trinajstić information content (AvgIpc) is 3.43. The summed E-state index contributed by atoms with van der Waals surface area (Å²) in [5, 5.41) is 3.36. The second kappa shape index (κ2) is 9.12. The van der Waals surface area contributed by atoms with E-state index in [0.29, 0.717) is 43.9 Å². The van der Waals surface area contributed by atoms with Gasteiger partial charge in [0.2, 0.25) is 10.9 Å². The number of rotatable bonds is 2. The van der Waals surface area contributed by atoms with Gasteiger partial charge in [-0.3, -0.25) is 9.59 Å². The smallest absolute Gasteiger partial charge is 0.200 e. The van der Waals surface area contributed by atoms with Crippen LogP contribution in [0.25, 0.3) is 82.3 Å². The Morgan fingerprint density at radius 1 is 0.535 bits per heavy atom. The molecule has 0 radical (unpaired) electrons. The van der Waals surface area contributed by atoms with Gasteiger partial charge >= 0.3 is 0 Å². The highest BCUT2D eigenvalue weighted by Gasteiger charge is 2.15. The number of benzene rings is 5. The van der Waals surface area contributed by atoms with Crippen LogP contribution in [0.4, 0.5) is 0 Å². The summed E-state index contributed by atoms with van der Waals surface area (Å²) >= 11 is 1.87. The molecule has 4 nitrogen and oxygen atoms in total. The first kappa shape index (κ1) is 24.3. The van der Waals surface area contributed by atoms with Gasteiger partial charge in [-0.1, -0.05) is 48.6 Å². The molecular weight excluding hydrogens is 552 g/mol. The Balaban J connectivity index is 1.18. The maximum absolute atomic E-state index is 13.9. The molecule has 0 N–H and O–H groups in total. The van der Waals surface area contributed by atoms with Gasteiger partial charge in [-0.25, -0.2) is 0 Å². The molecule has 0 fully saturated rings. The molecule has 0 saturated carbocycles. The van der Waals surface area contributed by atoms with E-state index >= 15 is 0 Å². The zero-order chi connectivity index (χ0) is 28.7. The second-order valence-corrected chi connectivity index (χ2v) is 12.2. The van der Waals surface area contributed by atoms with Crippen molar-refractivity contribution >= 4 is 71.4 Å². The third-order valence-corrected chi connectivity index (χ3v) is 9.78. The predicted octanol–water partition coefficient (Wildman–Crippen LogP) is 9.71. The number of hydrogen-bond acceptors (Lipinski definition) is 5. The third kappa shape index (κ3) is 3.75. The molecule has 3 aromatic heterocycles. The topological polar surface area (TPSA) is 60.4 Å². The minimum absolute atomic E-state index is 0.0744. The van der Waals surface area contributed by atoms with Gasteiger partial charge in [0.15, 0.2) is 0 Å².